The number of carbonyl (C=O) groups excluding carboxylic acids is 6. The van der Waals surface area contributed by atoms with Crippen molar-refractivity contribution in [3.63, 3.8) is 0 Å². The van der Waals surface area contributed by atoms with Crippen molar-refractivity contribution >= 4 is 35.8 Å². The second-order valence-electron chi connectivity index (χ2n) is 26.1. The lowest BCUT2D eigenvalue weighted by molar-refractivity contribution is -0.164. The van der Waals surface area contributed by atoms with Gasteiger partial charge in [-0.3, -0.25) is 0 Å². The zero-order valence-corrected chi connectivity index (χ0v) is 73.2. The molecule has 24 nitrogen and oxygen atoms in total. The number of benzene rings is 9. The molecule has 0 unspecified atom stereocenters. The Hall–Kier alpha value is -15.7. The second-order valence-corrected chi connectivity index (χ2v) is 26.1. The number of rotatable bonds is 36. The predicted molar refractivity (Wildman–Crippen MR) is 445 cm³/mol. The maximum atomic E-state index is 14.5. The van der Waals surface area contributed by atoms with Crippen LogP contribution in [0.15, 0.2) is 234 Å². The number of methoxy groups -OCH3 is 6. The lowest BCUT2D eigenvalue weighted by Crippen LogP contribution is -2.20. The Bertz CT molecular complexity index is 5610. The Balaban J connectivity index is 0.000000398. The summed E-state index contributed by atoms with van der Waals surface area (Å²) in [7, 11) is 7.81. The minimum Gasteiger partial charge on any atom is -0.497 e. The first kappa shape index (κ1) is 116. The van der Waals surface area contributed by atoms with Crippen molar-refractivity contribution in [2.24, 2.45) is 0 Å². The number of ether oxygens (including phenoxy) is 18. The van der Waals surface area contributed by atoms with E-state index in [0.29, 0.717) is 41.1 Å². The fourth-order valence-electron chi connectivity index (χ4n) is 10.4. The molecule has 9 aromatic rings. The van der Waals surface area contributed by atoms with Crippen molar-refractivity contribution in [1.29, 1.82) is 0 Å². The van der Waals surface area contributed by atoms with Crippen LogP contribution in [0.4, 0.5) is 96.6 Å². The number of esters is 6. The van der Waals surface area contributed by atoms with Gasteiger partial charge in [-0.25, -0.2) is 46.3 Å². The summed E-state index contributed by atoms with van der Waals surface area (Å²) in [6, 6.07) is 28.6. The van der Waals surface area contributed by atoms with Gasteiger partial charge in [0.15, 0.2) is 23.1 Å². The van der Waals surface area contributed by atoms with E-state index in [1.54, 1.807) is 0 Å². The molecule has 0 amide bonds. The van der Waals surface area contributed by atoms with Crippen molar-refractivity contribution < 1.29 is 211 Å². The Labute approximate surface area is 776 Å². The van der Waals surface area contributed by atoms with Gasteiger partial charge in [0, 0.05) is 59.7 Å². The Morgan fingerprint density at radius 1 is 0.237 bits per heavy atom. The van der Waals surface area contributed by atoms with Crippen LogP contribution >= 0.6 is 0 Å². The molecule has 0 saturated carbocycles. The number of carbonyl (C=O) groups is 6. The first-order chi connectivity index (χ1) is 65.3. The summed E-state index contributed by atoms with van der Waals surface area (Å²) < 4.78 is 394. The minimum atomic E-state index is -5.58. The molecule has 0 saturated heterocycles. The smallest absolute Gasteiger partial charge is 0.420 e. The van der Waals surface area contributed by atoms with Gasteiger partial charge in [0.25, 0.3) is 0 Å². The summed E-state index contributed by atoms with van der Waals surface area (Å²) in [5, 5.41) is 0. The van der Waals surface area contributed by atoms with Crippen LogP contribution in [0.1, 0.15) is 66.8 Å². The topological polar surface area (TPSA) is 269 Å². The van der Waals surface area contributed by atoms with Gasteiger partial charge in [-0.15, -0.1) is 0 Å². The molecule has 0 aromatic heterocycles. The van der Waals surface area contributed by atoms with Crippen molar-refractivity contribution in [1.82, 2.24) is 0 Å². The van der Waals surface area contributed by atoms with Crippen LogP contribution in [0.5, 0.6) is 69.0 Å². The molecule has 0 fully saturated rings. The molecule has 0 bridgehead atoms. The third kappa shape index (κ3) is 38.2. The van der Waals surface area contributed by atoms with Crippen molar-refractivity contribution in [3.8, 4) is 69.0 Å². The van der Waals surface area contributed by atoms with Gasteiger partial charge in [-0.05, 0) is 131 Å². The van der Waals surface area contributed by atoms with Crippen molar-refractivity contribution in [2.45, 2.75) is 76.7 Å². The molecule has 0 aliphatic heterocycles. The van der Waals surface area contributed by atoms with Crippen LogP contribution in [0.25, 0.3) is 0 Å². The van der Waals surface area contributed by atoms with Gasteiger partial charge in [-0.1, -0.05) is 75.9 Å². The molecule has 0 N–H and O–H groups in total. The van der Waals surface area contributed by atoms with Crippen molar-refractivity contribution in [3.05, 3.63) is 324 Å². The number of hydrogen-bond donors (Lipinski definition) is 0. The Morgan fingerprint density at radius 3 is 0.734 bits per heavy atom. The maximum absolute atomic E-state index is 14.5. The van der Waals surface area contributed by atoms with Crippen LogP contribution in [-0.2, 0) is 134 Å². The molecule has 9 rings (SSSR count). The average molecular weight is 2000 g/mol. The minimum absolute atomic E-state index is 0.0265. The number of halogens is 22. The van der Waals surface area contributed by atoms with Gasteiger partial charge < -0.3 is 85.3 Å². The average Bonchev–Trinajstić information content (AvgIpc) is 0.770. The molecule has 46 heteroatoms. The van der Waals surface area contributed by atoms with Crippen LogP contribution in [0.3, 0.4) is 0 Å². The van der Waals surface area contributed by atoms with Crippen molar-refractivity contribution in [2.75, 3.05) is 63.0 Å². The zero-order valence-electron chi connectivity index (χ0n) is 73.2. The van der Waals surface area contributed by atoms with Crippen LogP contribution in [0, 0.1) is 23.3 Å². The lowest BCUT2D eigenvalue weighted by Gasteiger charge is -2.22. The standard InChI is InChI=1S/2C27H20F8O6.C27H22F6O6.3C4H6O2/c1-3-23(36)41-14-40-18-7-5-16(20(29)11-18)13-39-22-9-8-21(24(26(30,31)32)25(22)27(33,34)35)38-12-15-4-6-17(37-2)10-19(15)28;1-3-23(36)41-14-40-20-7-5-16(11-18(20)29)13-39-22-9-8-21(24(26(30,31)32)25(22)27(33,34)35)38-12-15-4-6-19(37-2)17(28)10-15;1-3-23(34)39-16-38-20-10-6-18(7-11-20)15-37-22-13-12-21(24(26(28,29)30)25(22)27(31,32)33)36-14-17-4-8-19(35-2)9-5-17;3*1-3-4(5)6-2/h2*3-11H,1,12-14H2,2H3;3-13H,1,14-16H2,2H3;3*3H,1H2,2H3. The number of alkyl halides is 18. The second kappa shape index (κ2) is 54.7. The van der Waals surface area contributed by atoms with Gasteiger partial charge in [-0.2, -0.15) is 79.0 Å². The molecule has 9 aromatic carbocycles. The Kier molecular flexibility index (Phi) is 45.5. The molecule has 750 valence electrons. The van der Waals surface area contributed by atoms with Crippen LogP contribution in [0.2, 0.25) is 0 Å². The highest BCUT2D eigenvalue weighted by atomic mass is 19.4. The summed E-state index contributed by atoms with van der Waals surface area (Å²) in [5.41, 5.74) is -12.5. The molecule has 0 aliphatic rings. The third-order valence-corrected chi connectivity index (χ3v) is 16.9. The van der Waals surface area contributed by atoms with Gasteiger partial charge >= 0.3 is 72.9 Å². The molecule has 0 heterocycles. The first-order valence-electron chi connectivity index (χ1n) is 38.3. The normalized spacial score (nSPS) is 10.9. The molecular formula is C93H80F22O24. The highest BCUT2D eigenvalue weighted by Gasteiger charge is 2.51. The zero-order chi connectivity index (χ0) is 104. The predicted octanol–water partition coefficient (Wildman–Crippen LogP) is 22.5. The highest BCUT2D eigenvalue weighted by Crippen LogP contribution is 2.53. The monoisotopic (exact) mass is 2000 g/mol. The van der Waals surface area contributed by atoms with Crippen LogP contribution in [-0.4, -0.2) is 98.9 Å². The lowest BCUT2D eigenvalue weighted by atomic mass is 10.0. The van der Waals surface area contributed by atoms with E-state index < -0.39 is 224 Å². The quantitative estimate of drug-likeness (QED) is 0.0116. The fraction of sp³-hybridized carbons (Fsp3) is 0.226. The Morgan fingerprint density at radius 2 is 0.475 bits per heavy atom. The van der Waals surface area contributed by atoms with E-state index in [1.807, 2.05) is 0 Å². The van der Waals surface area contributed by atoms with Gasteiger partial charge in [0.2, 0.25) is 20.4 Å². The summed E-state index contributed by atoms with van der Waals surface area (Å²) in [4.78, 5) is 62.5. The third-order valence-electron chi connectivity index (χ3n) is 16.9. The van der Waals surface area contributed by atoms with E-state index in [0.717, 1.165) is 91.1 Å². The van der Waals surface area contributed by atoms with E-state index in [2.05, 4.69) is 67.9 Å². The molecular weight excluding hydrogens is 1920 g/mol. The van der Waals surface area contributed by atoms with Crippen LogP contribution < -0.4 is 56.8 Å². The first-order valence-corrected chi connectivity index (χ1v) is 38.3. The summed E-state index contributed by atoms with van der Waals surface area (Å²) in [6.45, 7) is 13.3. The molecule has 0 spiro atoms. The van der Waals surface area contributed by atoms with Gasteiger partial charge in [0.05, 0.1) is 42.7 Å². The van der Waals surface area contributed by atoms with E-state index in [9.17, 15) is 125 Å². The summed E-state index contributed by atoms with van der Waals surface area (Å²) >= 11 is 0. The summed E-state index contributed by atoms with van der Waals surface area (Å²) in [5.74, 6) is -13.9. The molecule has 0 atom stereocenters. The largest absolute Gasteiger partial charge is 0.497 e. The van der Waals surface area contributed by atoms with E-state index in [1.165, 1.54) is 122 Å². The SMILES string of the molecule is C=CC(=O)OC.C=CC(=O)OC.C=CC(=O)OC.C=CC(=O)OCOc1ccc(COc2ccc(OCc3ccc(OC)c(F)c3)c(C(F)(F)F)c2C(F)(F)F)cc1F.C=CC(=O)OCOc1ccc(COc2ccc(OCc3ccc(OC)cc3)c(C(F)(F)F)c2C(F)(F)F)cc1.C=CC(=O)OCOc1ccc(COc2ccc(OCc3ccc(OC)cc3F)c(C(F)(F)F)c2C(F)(F)F)c(F)c1. The molecule has 139 heavy (non-hydrogen) atoms. The molecule has 0 aliphatic carbocycles. The maximum Gasteiger partial charge on any atom is 0.420 e. The van der Waals surface area contributed by atoms with E-state index in [-0.39, 0.29) is 51.0 Å². The highest BCUT2D eigenvalue weighted by molar-refractivity contribution is 5.83. The fourth-order valence-corrected chi connectivity index (χ4v) is 10.4. The van der Waals surface area contributed by atoms with E-state index in [4.69, 9.17) is 56.8 Å². The summed E-state index contributed by atoms with van der Waals surface area (Å²) in [6.07, 6.45) is -27.0. The van der Waals surface area contributed by atoms with Gasteiger partial charge in [0.1, 0.15) is 142 Å². The number of hydrogen-bond acceptors (Lipinski definition) is 24. The van der Waals surface area contributed by atoms with E-state index >= 15 is 0 Å². The molecule has 0 radical (unpaired) electrons.